The van der Waals surface area contributed by atoms with Gasteiger partial charge in [0.05, 0.1) is 4.90 Å². The van der Waals surface area contributed by atoms with Crippen molar-refractivity contribution >= 4 is 15.7 Å². The van der Waals surface area contributed by atoms with E-state index in [1.165, 1.54) is 12.5 Å². The average Bonchev–Trinajstić information content (AvgIpc) is 2.24. The first-order valence-corrected chi connectivity index (χ1v) is 7.97. The van der Waals surface area contributed by atoms with Crippen molar-refractivity contribution in [3.05, 3.63) is 18.3 Å². The normalized spacial score (nSPS) is 19.3. The van der Waals surface area contributed by atoms with Crippen LogP contribution in [-0.2, 0) is 9.84 Å². The second kappa shape index (κ2) is 4.23. The van der Waals surface area contributed by atoms with Gasteiger partial charge in [-0.1, -0.05) is 13.8 Å². The van der Waals surface area contributed by atoms with Crippen LogP contribution in [0.25, 0.3) is 0 Å². The highest BCUT2D eigenvalue weighted by Crippen LogP contribution is 2.43. The van der Waals surface area contributed by atoms with E-state index in [2.05, 4.69) is 23.7 Å². The van der Waals surface area contributed by atoms with E-state index >= 15 is 0 Å². The van der Waals surface area contributed by atoms with E-state index in [9.17, 15) is 8.42 Å². The van der Waals surface area contributed by atoms with E-state index in [-0.39, 0.29) is 4.90 Å². The third kappa shape index (κ3) is 2.66. The Kier molecular flexibility index (Phi) is 3.13. The van der Waals surface area contributed by atoms with Crippen LogP contribution in [0.15, 0.2) is 23.2 Å². The fourth-order valence-corrected chi connectivity index (χ4v) is 3.04. The Morgan fingerprint density at radius 3 is 2.33 bits per heavy atom. The topological polar surface area (TPSA) is 50.3 Å². The van der Waals surface area contributed by atoms with Crippen LogP contribution in [0.2, 0.25) is 0 Å². The number of hydrogen-bond donors (Lipinski definition) is 0. The molecule has 5 heteroatoms. The molecule has 1 saturated carbocycles. The highest BCUT2D eigenvalue weighted by molar-refractivity contribution is 7.90. The summed E-state index contributed by atoms with van der Waals surface area (Å²) in [4.78, 5) is 6.65. The molecule has 0 N–H and O–H groups in total. The van der Waals surface area contributed by atoms with Crippen LogP contribution in [-0.4, -0.2) is 32.7 Å². The van der Waals surface area contributed by atoms with Crippen LogP contribution < -0.4 is 4.90 Å². The molecule has 1 fully saturated rings. The molecular weight excluding hydrogens is 248 g/mol. The first kappa shape index (κ1) is 13.3. The molecule has 0 saturated heterocycles. The lowest BCUT2D eigenvalue weighted by atomic mass is 9.68. The number of rotatable bonds is 3. The third-order valence-electron chi connectivity index (χ3n) is 3.63. The summed E-state index contributed by atoms with van der Waals surface area (Å²) >= 11 is 0. The molecule has 0 atom stereocenters. The van der Waals surface area contributed by atoms with Gasteiger partial charge in [-0.2, -0.15) is 0 Å². The lowest BCUT2D eigenvalue weighted by Gasteiger charge is -2.47. The number of nitrogens with zero attached hydrogens (tertiary/aromatic N) is 2. The Morgan fingerprint density at radius 1 is 1.33 bits per heavy atom. The van der Waals surface area contributed by atoms with Crippen LogP contribution in [0.3, 0.4) is 0 Å². The van der Waals surface area contributed by atoms with E-state index in [1.54, 1.807) is 12.1 Å². The highest BCUT2D eigenvalue weighted by atomic mass is 32.2. The van der Waals surface area contributed by atoms with Gasteiger partial charge in [-0.25, -0.2) is 13.4 Å². The van der Waals surface area contributed by atoms with Crippen LogP contribution in [0.1, 0.15) is 26.7 Å². The Balaban J connectivity index is 2.11. The number of hydrogen-bond acceptors (Lipinski definition) is 4. The monoisotopic (exact) mass is 268 g/mol. The predicted molar refractivity (Wildman–Crippen MR) is 72.6 cm³/mol. The molecule has 0 aromatic carbocycles. The highest BCUT2D eigenvalue weighted by Gasteiger charge is 2.38. The Bertz CT molecular complexity index is 527. The van der Waals surface area contributed by atoms with E-state index < -0.39 is 9.84 Å². The summed E-state index contributed by atoms with van der Waals surface area (Å²) in [5.74, 6) is 0.836. The molecule has 0 bridgehead atoms. The largest absolute Gasteiger partial charge is 0.357 e. The van der Waals surface area contributed by atoms with Crippen LogP contribution in [0.4, 0.5) is 5.82 Å². The molecule has 0 amide bonds. The molecule has 1 heterocycles. The van der Waals surface area contributed by atoms with E-state index in [4.69, 9.17) is 0 Å². The average molecular weight is 268 g/mol. The van der Waals surface area contributed by atoms with Gasteiger partial charge in [0, 0.05) is 25.5 Å². The lowest BCUT2D eigenvalue weighted by Crippen LogP contribution is -2.47. The minimum atomic E-state index is -3.16. The maximum absolute atomic E-state index is 11.3. The Hall–Kier alpha value is -1.10. The van der Waals surface area contributed by atoms with Crippen LogP contribution in [0.5, 0.6) is 0 Å². The van der Waals surface area contributed by atoms with Gasteiger partial charge in [0.15, 0.2) is 9.84 Å². The fourth-order valence-electron chi connectivity index (χ4n) is 2.48. The summed E-state index contributed by atoms with van der Waals surface area (Å²) in [6, 6.07) is 3.91. The Morgan fingerprint density at radius 2 is 1.94 bits per heavy atom. The predicted octanol–water partition coefficient (Wildman–Crippen LogP) is 2.11. The van der Waals surface area contributed by atoms with E-state index in [1.807, 2.05) is 7.05 Å². The minimum Gasteiger partial charge on any atom is -0.357 e. The molecule has 1 aromatic rings. The second-order valence-corrected chi connectivity index (χ2v) is 7.98. The SMILES string of the molecule is CN(c1ccc(S(C)(=O)=O)cn1)C1CC(C)(C)C1. The molecule has 1 aliphatic carbocycles. The van der Waals surface area contributed by atoms with Crippen molar-refractivity contribution in [2.45, 2.75) is 37.6 Å². The van der Waals surface area contributed by atoms with Gasteiger partial charge < -0.3 is 4.90 Å². The Labute approximate surface area is 109 Å². The van der Waals surface area contributed by atoms with Gasteiger partial charge in [-0.3, -0.25) is 0 Å². The van der Waals surface area contributed by atoms with Crippen molar-refractivity contribution in [2.75, 3.05) is 18.2 Å². The molecule has 1 aromatic heterocycles. The molecule has 0 radical (unpaired) electrons. The molecule has 2 rings (SSSR count). The van der Waals surface area contributed by atoms with Gasteiger partial charge in [-0.15, -0.1) is 0 Å². The minimum absolute atomic E-state index is 0.272. The summed E-state index contributed by atoms with van der Waals surface area (Å²) < 4.78 is 22.7. The first-order chi connectivity index (χ1) is 8.19. The summed E-state index contributed by atoms with van der Waals surface area (Å²) in [6.45, 7) is 4.52. The summed E-state index contributed by atoms with van der Waals surface area (Å²) in [5, 5.41) is 0. The van der Waals surface area contributed by atoms with Crippen molar-refractivity contribution in [3.8, 4) is 0 Å². The summed E-state index contributed by atoms with van der Waals surface area (Å²) in [5.41, 5.74) is 0.422. The molecule has 100 valence electrons. The molecule has 0 aliphatic heterocycles. The van der Waals surface area contributed by atoms with Crippen molar-refractivity contribution in [1.29, 1.82) is 0 Å². The zero-order valence-electron chi connectivity index (χ0n) is 11.3. The van der Waals surface area contributed by atoms with Gasteiger partial charge in [0.2, 0.25) is 0 Å². The van der Waals surface area contributed by atoms with Crippen molar-refractivity contribution in [1.82, 2.24) is 4.98 Å². The summed E-state index contributed by atoms with van der Waals surface area (Å²) in [7, 11) is -1.14. The number of aromatic nitrogens is 1. The molecular formula is C13H20N2O2S. The van der Waals surface area contributed by atoms with Crippen LogP contribution in [0, 0.1) is 5.41 Å². The molecule has 0 spiro atoms. The standard InChI is InChI=1S/C13H20N2O2S/c1-13(2)7-10(8-13)15(3)12-6-5-11(9-14-12)18(4,16)17/h5-6,9-10H,7-8H2,1-4H3. The van der Waals surface area contributed by atoms with Gasteiger partial charge in [0.1, 0.15) is 5.82 Å². The number of pyridine rings is 1. The fraction of sp³-hybridized carbons (Fsp3) is 0.615. The smallest absolute Gasteiger partial charge is 0.177 e. The molecule has 1 aliphatic rings. The van der Waals surface area contributed by atoms with Crippen molar-refractivity contribution < 1.29 is 8.42 Å². The van der Waals surface area contributed by atoms with E-state index in [0.29, 0.717) is 11.5 Å². The quantitative estimate of drug-likeness (QED) is 0.842. The maximum atomic E-state index is 11.3. The number of sulfone groups is 1. The molecule has 4 nitrogen and oxygen atoms in total. The zero-order chi connectivity index (χ0) is 13.6. The first-order valence-electron chi connectivity index (χ1n) is 6.08. The van der Waals surface area contributed by atoms with Crippen molar-refractivity contribution in [3.63, 3.8) is 0 Å². The van der Waals surface area contributed by atoms with E-state index in [0.717, 1.165) is 18.7 Å². The van der Waals surface area contributed by atoms with Crippen LogP contribution >= 0.6 is 0 Å². The lowest BCUT2D eigenvalue weighted by molar-refractivity contribution is 0.150. The summed E-state index contributed by atoms with van der Waals surface area (Å²) in [6.07, 6.45) is 4.94. The molecule has 18 heavy (non-hydrogen) atoms. The van der Waals surface area contributed by atoms with Gasteiger partial charge in [-0.05, 0) is 30.4 Å². The molecule has 0 unspecified atom stereocenters. The maximum Gasteiger partial charge on any atom is 0.177 e. The zero-order valence-corrected chi connectivity index (χ0v) is 12.2. The second-order valence-electron chi connectivity index (χ2n) is 5.96. The van der Waals surface area contributed by atoms with Crippen molar-refractivity contribution in [2.24, 2.45) is 5.41 Å². The third-order valence-corrected chi connectivity index (χ3v) is 4.73. The van der Waals surface area contributed by atoms with Gasteiger partial charge >= 0.3 is 0 Å². The van der Waals surface area contributed by atoms with Gasteiger partial charge in [0.25, 0.3) is 0 Å². The number of anilines is 1.